The maximum absolute atomic E-state index is 11.5. The Hall–Kier alpha value is -1.36. The highest BCUT2D eigenvalue weighted by Crippen LogP contribution is 2.10. The molecule has 0 aliphatic carbocycles. The molecule has 0 aliphatic rings. The summed E-state index contributed by atoms with van der Waals surface area (Å²) in [4.78, 5) is 21.9. The first-order chi connectivity index (χ1) is 7.09. The van der Waals surface area contributed by atoms with Gasteiger partial charge in [0.2, 0.25) is 5.91 Å². The van der Waals surface area contributed by atoms with Gasteiger partial charge in [0.05, 0.1) is 0 Å². The lowest BCUT2D eigenvalue weighted by Crippen LogP contribution is -2.27. The highest BCUT2D eigenvalue weighted by atomic mass is 79.9. The maximum atomic E-state index is 11.5. The van der Waals surface area contributed by atoms with Gasteiger partial charge in [-0.05, 0) is 24.3 Å². The Labute approximate surface area is 96.0 Å². The monoisotopic (exact) mass is 270 g/mol. The van der Waals surface area contributed by atoms with Gasteiger partial charge in [0.15, 0.2) is 0 Å². The number of halogens is 1. The van der Waals surface area contributed by atoms with Crippen LogP contribution < -0.4 is 11.1 Å². The molecule has 0 heterocycles. The quantitative estimate of drug-likeness (QED) is 0.859. The molecule has 0 atom stereocenters. The van der Waals surface area contributed by atoms with Crippen molar-refractivity contribution in [2.75, 3.05) is 6.54 Å². The molecule has 1 rings (SSSR count). The summed E-state index contributed by atoms with van der Waals surface area (Å²) in [5.41, 5.74) is 5.50. The van der Waals surface area contributed by atoms with Crippen molar-refractivity contribution >= 4 is 27.7 Å². The average Bonchev–Trinajstić information content (AvgIpc) is 2.18. The van der Waals surface area contributed by atoms with E-state index in [4.69, 9.17) is 5.73 Å². The van der Waals surface area contributed by atoms with Crippen molar-refractivity contribution in [1.82, 2.24) is 5.32 Å². The Bertz CT molecular complexity index is 362. The van der Waals surface area contributed by atoms with Gasteiger partial charge in [0.1, 0.15) is 0 Å². The summed E-state index contributed by atoms with van der Waals surface area (Å²) in [5, 5.41) is 2.59. The highest BCUT2D eigenvalue weighted by molar-refractivity contribution is 9.10. The molecular weight excluding hydrogens is 260 g/mol. The van der Waals surface area contributed by atoms with E-state index in [1.807, 2.05) is 0 Å². The Morgan fingerprint density at radius 2 is 1.87 bits per heavy atom. The van der Waals surface area contributed by atoms with Crippen LogP contribution in [-0.4, -0.2) is 18.4 Å². The molecule has 0 fully saturated rings. The minimum atomic E-state index is -0.425. The predicted molar refractivity (Wildman–Crippen MR) is 60.3 cm³/mol. The highest BCUT2D eigenvalue weighted by Gasteiger charge is 2.04. The van der Waals surface area contributed by atoms with Crippen LogP contribution in [0.5, 0.6) is 0 Å². The molecule has 0 aliphatic heterocycles. The zero-order valence-corrected chi connectivity index (χ0v) is 9.58. The molecule has 0 saturated heterocycles. The SMILES string of the molecule is NC(=O)CCNC(=O)c1ccc(Br)cc1. The van der Waals surface area contributed by atoms with Crippen LogP contribution in [0.1, 0.15) is 16.8 Å². The molecule has 2 amide bonds. The second-order valence-corrected chi connectivity index (χ2v) is 3.89. The van der Waals surface area contributed by atoms with E-state index in [0.29, 0.717) is 5.56 Å². The summed E-state index contributed by atoms with van der Waals surface area (Å²) in [7, 11) is 0. The van der Waals surface area contributed by atoms with E-state index >= 15 is 0 Å². The van der Waals surface area contributed by atoms with Crippen LogP contribution in [0.3, 0.4) is 0 Å². The van der Waals surface area contributed by atoms with Crippen molar-refractivity contribution < 1.29 is 9.59 Å². The summed E-state index contributed by atoms with van der Waals surface area (Å²) in [6, 6.07) is 6.96. The Morgan fingerprint density at radius 1 is 1.27 bits per heavy atom. The summed E-state index contributed by atoms with van der Waals surface area (Å²) in [6.45, 7) is 0.268. The van der Waals surface area contributed by atoms with E-state index in [9.17, 15) is 9.59 Å². The van der Waals surface area contributed by atoms with Crippen LogP contribution in [-0.2, 0) is 4.79 Å². The molecule has 4 nitrogen and oxygen atoms in total. The average molecular weight is 271 g/mol. The zero-order chi connectivity index (χ0) is 11.3. The normalized spacial score (nSPS) is 9.67. The molecule has 15 heavy (non-hydrogen) atoms. The van der Waals surface area contributed by atoms with E-state index in [-0.39, 0.29) is 18.9 Å². The number of hydrogen-bond acceptors (Lipinski definition) is 2. The van der Waals surface area contributed by atoms with Crippen molar-refractivity contribution in [1.29, 1.82) is 0 Å². The minimum Gasteiger partial charge on any atom is -0.370 e. The lowest BCUT2D eigenvalue weighted by atomic mass is 10.2. The standard InChI is InChI=1S/C10H11BrN2O2/c11-8-3-1-7(2-4-8)10(15)13-6-5-9(12)14/h1-4H,5-6H2,(H2,12,14)(H,13,15). The third-order valence-electron chi connectivity index (χ3n) is 1.76. The fourth-order valence-electron chi connectivity index (χ4n) is 1.00. The molecule has 0 saturated carbocycles. The topological polar surface area (TPSA) is 72.2 Å². The first-order valence-electron chi connectivity index (χ1n) is 4.41. The predicted octanol–water partition coefficient (Wildman–Crippen LogP) is 1.05. The van der Waals surface area contributed by atoms with Crippen LogP contribution >= 0.6 is 15.9 Å². The van der Waals surface area contributed by atoms with Crippen LogP contribution in [0.15, 0.2) is 28.7 Å². The first-order valence-corrected chi connectivity index (χ1v) is 5.21. The van der Waals surface area contributed by atoms with Gasteiger partial charge in [-0.15, -0.1) is 0 Å². The summed E-state index contributed by atoms with van der Waals surface area (Å²) < 4.78 is 0.913. The molecule has 0 spiro atoms. The lowest BCUT2D eigenvalue weighted by Gasteiger charge is -2.03. The molecule has 1 aromatic rings. The molecule has 0 unspecified atom stereocenters. The molecule has 0 aromatic heterocycles. The molecular formula is C10H11BrN2O2. The third-order valence-corrected chi connectivity index (χ3v) is 2.29. The smallest absolute Gasteiger partial charge is 0.251 e. The van der Waals surface area contributed by atoms with Crippen LogP contribution in [0, 0.1) is 0 Å². The number of nitrogens with one attached hydrogen (secondary N) is 1. The van der Waals surface area contributed by atoms with E-state index in [1.54, 1.807) is 24.3 Å². The van der Waals surface area contributed by atoms with Gasteiger partial charge in [0.25, 0.3) is 5.91 Å². The molecule has 0 bridgehead atoms. The fraction of sp³-hybridized carbons (Fsp3) is 0.200. The largest absolute Gasteiger partial charge is 0.370 e. The first kappa shape index (κ1) is 11.7. The number of carbonyl (C=O) groups is 2. The van der Waals surface area contributed by atoms with Crippen molar-refractivity contribution in [3.8, 4) is 0 Å². The number of hydrogen-bond donors (Lipinski definition) is 2. The number of carbonyl (C=O) groups excluding carboxylic acids is 2. The zero-order valence-electron chi connectivity index (χ0n) is 8.00. The fourth-order valence-corrected chi connectivity index (χ4v) is 1.27. The van der Waals surface area contributed by atoms with E-state index in [2.05, 4.69) is 21.2 Å². The van der Waals surface area contributed by atoms with Gasteiger partial charge in [-0.3, -0.25) is 9.59 Å². The lowest BCUT2D eigenvalue weighted by molar-refractivity contribution is -0.117. The summed E-state index contributed by atoms with van der Waals surface area (Å²) in [6.07, 6.45) is 0.155. The van der Waals surface area contributed by atoms with E-state index in [0.717, 1.165) is 4.47 Å². The van der Waals surface area contributed by atoms with Crippen LogP contribution in [0.2, 0.25) is 0 Å². The van der Waals surface area contributed by atoms with Crippen molar-refractivity contribution in [3.63, 3.8) is 0 Å². The number of rotatable bonds is 4. The van der Waals surface area contributed by atoms with Gasteiger partial charge in [0, 0.05) is 23.0 Å². The maximum Gasteiger partial charge on any atom is 0.251 e. The second-order valence-electron chi connectivity index (χ2n) is 2.98. The van der Waals surface area contributed by atoms with Gasteiger partial charge in [-0.1, -0.05) is 15.9 Å². The summed E-state index contributed by atoms with van der Waals surface area (Å²) in [5.74, 6) is -0.630. The van der Waals surface area contributed by atoms with Gasteiger partial charge in [-0.2, -0.15) is 0 Å². The van der Waals surface area contributed by atoms with Crippen LogP contribution in [0.4, 0.5) is 0 Å². The third kappa shape index (κ3) is 4.12. The van der Waals surface area contributed by atoms with Gasteiger partial charge >= 0.3 is 0 Å². The Balaban J connectivity index is 2.47. The van der Waals surface area contributed by atoms with Crippen molar-refractivity contribution in [2.24, 2.45) is 5.73 Å². The Kier molecular flexibility index (Phi) is 4.30. The summed E-state index contributed by atoms with van der Waals surface area (Å²) >= 11 is 3.27. The van der Waals surface area contributed by atoms with Crippen molar-refractivity contribution in [2.45, 2.75) is 6.42 Å². The molecule has 80 valence electrons. The van der Waals surface area contributed by atoms with E-state index < -0.39 is 5.91 Å². The minimum absolute atomic E-state index is 0.155. The van der Waals surface area contributed by atoms with E-state index in [1.165, 1.54) is 0 Å². The number of benzene rings is 1. The number of amides is 2. The molecule has 0 radical (unpaired) electrons. The number of nitrogens with two attached hydrogens (primary N) is 1. The molecule has 1 aromatic carbocycles. The number of primary amides is 1. The van der Waals surface area contributed by atoms with Gasteiger partial charge < -0.3 is 11.1 Å². The van der Waals surface area contributed by atoms with Gasteiger partial charge in [-0.25, -0.2) is 0 Å². The molecule has 5 heteroatoms. The van der Waals surface area contributed by atoms with Crippen LogP contribution in [0.25, 0.3) is 0 Å². The van der Waals surface area contributed by atoms with Crippen molar-refractivity contribution in [3.05, 3.63) is 34.3 Å². The second kappa shape index (κ2) is 5.50. The Morgan fingerprint density at radius 3 is 2.40 bits per heavy atom. The molecule has 3 N–H and O–H groups in total.